The molecule has 0 spiro atoms. The Hall–Kier alpha value is -1.20. The van der Waals surface area contributed by atoms with Crippen LogP contribution < -0.4 is 0 Å². The molecule has 110 valence electrons. The summed E-state index contributed by atoms with van der Waals surface area (Å²) in [6.45, 7) is 0. The number of carbonyl (C=O) groups is 2. The van der Waals surface area contributed by atoms with Crippen LogP contribution in [0.4, 0.5) is 0 Å². The zero-order valence-electron chi connectivity index (χ0n) is 10.9. The van der Waals surface area contributed by atoms with Crippen LogP contribution in [0.5, 0.6) is 0 Å². The zero-order valence-corrected chi connectivity index (χ0v) is 12.5. The van der Waals surface area contributed by atoms with Gasteiger partial charge in [0.05, 0.1) is 17.1 Å². The van der Waals surface area contributed by atoms with Crippen molar-refractivity contribution in [3.63, 3.8) is 0 Å². The Bertz CT molecular complexity index is 617. The highest BCUT2D eigenvalue weighted by molar-refractivity contribution is 8.00. The first-order valence-corrected chi connectivity index (χ1v) is 8.17. The van der Waals surface area contributed by atoms with Crippen molar-refractivity contribution in [1.82, 2.24) is 0 Å². The quantitative estimate of drug-likeness (QED) is 0.866. The molecule has 1 aromatic rings. The minimum Gasteiger partial charge on any atom is -0.481 e. The van der Waals surface area contributed by atoms with Gasteiger partial charge in [-0.25, -0.2) is 0 Å². The lowest BCUT2D eigenvalue weighted by molar-refractivity contribution is -0.151. The molecular formula is C15H13ClO4S. The summed E-state index contributed by atoms with van der Waals surface area (Å²) in [4.78, 5) is 24.5. The molecule has 1 N–H and O–H groups in total. The lowest BCUT2D eigenvalue weighted by atomic mass is 9.80. The number of fused-ring (bicyclic) bond motifs is 1. The lowest BCUT2D eigenvalue weighted by Gasteiger charge is -2.29. The summed E-state index contributed by atoms with van der Waals surface area (Å²) in [5.41, 5.74) is 0. The van der Waals surface area contributed by atoms with Gasteiger partial charge in [-0.15, -0.1) is 11.8 Å². The summed E-state index contributed by atoms with van der Waals surface area (Å²) in [6, 6.07) is 7.47. The predicted octanol–water partition coefficient (Wildman–Crippen LogP) is 2.69. The number of esters is 1. The maximum absolute atomic E-state index is 11.9. The first kappa shape index (κ1) is 13.5. The van der Waals surface area contributed by atoms with Crippen LogP contribution in [-0.4, -0.2) is 28.4 Å². The van der Waals surface area contributed by atoms with Crippen LogP contribution in [0.1, 0.15) is 6.42 Å². The summed E-state index contributed by atoms with van der Waals surface area (Å²) in [5, 5.41) is 10.2. The highest BCUT2D eigenvalue weighted by atomic mass is 35.5. The molecule has 21 heavy (non-hydrogen) atoms. The topological polar surface area (TPSA) is 63.6 Å². The number of ether oxygens (including phenoxy) is 1. The molecule has 0 amide bonds. The molecule has 2 aliphatic carbocycles. The van der Waals surface area contributed by atoms with E-state index in [1.54, 1.807) is 11.8 Å². The number of thioether (sulfide) groups is 1. The van der Waals surface area contributed by atoms with E-state index in [1.807, 2.05) is 24.3 Å². The molecule has 0 unspecified atom stereocenters. The molecule has 6 atom stereocenters. The molecular weight excluding hydrogens is 312 g/mol. The first-order chi connectivity index (χ1) is 10.1. The molecule has 1 saturated heterocycles. The van der Waals surface area contributed by atoms with E-state index >= 15 is 0 Å². The van der Waals surface area contributed by atoms with E-state index in [0.717, 1.165) is 11.3 Å². The fraction of sp³-hybridized carbons (Fsp3) is 0.467. The molecule has 1 aliphatic heterocycles. The average Bonchev–Trinajstić information content (AvgIpc) is 3.04. The second-order valence-electron chi connectivity index (χ2n) is 5.89. The Morgan fingerprint density at radius 1 is 1.29 bits per heavy atom. The number of benzene rings is 1. The van der Waals surface area contributed by atoms with Crippen LogP contribution in [0.25, 0.3) is 0 Å². The van der Waals surface area contributed by atoms with E-state index < -0.39 is 17.8 Å². The minimum atomic E-state index is -0.869. The molecule has 6 heteroatoms. The number of carbonyl (C=O) groups excluding carboxylic acids is 1. The SMILES string of the molecule is O=C(O)[C@@H]1[C@@H]2C[C@@H]3[C@H](OC(=O)[C@@H]31)[C@H]2Sc1ccc(Cl)cc1. The minimum absolute atomic E-state index is 0.00891. The number of rotatable bonds is 3. The van der Waals surface area contributed by atoms with Crippen LogP contribution in [0.3, 0.4) is 0 Å². The largest absolute Gasteiger partial charge is 0.481 e. The molecule has 4 rings (SSSR count). The van der Waals surface area contributed by atoms with Crippen molar-refractivity contribution in [1.29, 1.82) is 0 Å². The monoisotopic (exact) mass is 324 g/mol. The molecule has 3 aliphatic rings. The van der Waals surface area contributed by atoms with Gasteiger partial charge < -0.3 is 9.84 Å². The summed E-state index contributed by atoms with van der Waals surface area (Å²) in [7, 11) is 0. The second kappa shape index (κ2) is 4.65. The molecule has 0 aromatic heterocycles. The number of hydrogen-bond donors (Lipinski definition) is 1. The van der Waals surface area contributed by atoms with E-state index in [2.05, 4.69) is 0 Å². The van der Waals surface area contributed by atoms with Crippen LogP contribution in [0.2, 0.25) is 5.02 Å². The van der Waals surface area contributed by atoms with Crippen molar-refractivity contribution in [2.75, 3.05) is 0 Å². The normalized spacial score (nSPS) is 39.6. The van der Waals surface area contributed by atoms with Crippen molar-refractivity contribution < 1.29 is 19.4 Å². The Morgan fingerprint density at radius 3 is 2.67 bits per heavy atom. The van der Waals surface area contributed by atoms with Crippen molar-refractivity contribution in [2.24, 2.45) is 23.7 Å². The molecule has 0 radical (unpaired) electrons. The average molecular weight is 325 g/mol. The molecule has 1 heterocycles. The maximum Gasteiger partial charge on any atom is 0.310 e. The lowest BCUT2D eigenvalue weighted by Crippen LogP contribution is -2.39. The van der Waals surface area contributed by atoms with Gasteiger partial charge in [-0.05, 0) is 36.6 Å². The highest BCUT2D eigenvalue weighted by Crippen LogP contribution is 2.61. The van der Waals surface area contributed by atoms with Gasteiger partial charge in [0.25, 0.3) is 0 Å². The van der Waals surface area contributed by atoms with Crippen molar-refractivity contribution in [3.8, 4) is 0 Å². The predicted molar refractivity (Wildman–Crippen MR) is 77.2 cm³/mol. The summed E-state index contributed by atoms with van der Waals surface area (Å²) in [6.07, 6.45) is 0.646. The summed E-state index contributed by atoms with van der Waals surface area (Å²) >= 11 is 7.49. The third-order valence-corrected chi connectivity index (χ3v) is 6.60. The van der Waals surface area contributed by atoms with E-state index in [4.69, 9.17) is 16.3 Å². The van der Waals surface area contributed by atoms with Gasteiger partial charge in [-0.3, -0.25) is 9.59 Å². The molecule has 3 fully saturated rings. The number of carboxylic acids is 1. The van der Waals surface area contributed by atoms with E-state index in [9.17, 15) is 14.7 Å². The highest BCUT2D eigenvalue weighted by Gasteiger charge is 2.68. The fourth-order valence-electron chi connectivity index (χ4n) is 4.15. The van der Waals surface area contributed by atoms with Crippen molar-refractivity contribution >= 4 is 35.3 Å². The van der Waals surface area contributed by atoms with Crippen LogP contribution in [0.15, 0.2) is 29.2 Å². The maximum atomic E-state index is 11.9. The Balaban J connectivity index is 1.63. The third kappa shape index (κ3) is 1.90. The number of aliphatic carboxylic acids is 1. The van der Waals surface area contributed by atoms with Gasteiger partial charge in [-0.1, -0.05) is 11.6 Å². The van der Waals surface area contributed by atoms with E-state index in [-0.39, 0.29) is 29.2 Å². The van der Waals surface area contributed by atoms with Gasteiger partial charge >= 0.3 is 11.9 Å². The Morgan fingerprint density at radius 2 is 2.00 bits per heavy atom. The Labute approximate surface area is 130 Å². The molecule has 4 nitrogen and oxygen atoms in total. The first-order valence-electron chi connectivity index (χ1n) is 6.92. The number of halogens is 1. The standard InChI is InChI=1S/C15H13ClO4S/c16-6-1-3-7(4-2-6)21-13-9-5-8-11(10(9)14(17)18)15(19)20-12(8)13/h1-4,8-13H,5H2,(H,17,18)/t8-,9-,10+,11-,12-,13-/m0/s1. The van der Waals surface area contributed by atoms with Gasteiger partial charge in [0.15, 0.2) is 0 Å². The van der Waals surface area contributed by atoms with Gasteiger partial charge in [0.2, 0.25) is 0 Å². The summed E-state index contributed by atoms with van der Waals surface area (Å²) in [5.74, 6) is -2.13. The van der Waals surface area contributed by atoms with E-state index in [0.29, 0.717) is 5.02 Å². The Kier molecular flexibility index (Phi) is 2.98. The van der Waals surface area contributed by atoms with Gasteiger partial charge in [-0.2, -0.15) is 0 Å². The number of hydrogen-bond acceptors (Lipinski definition) is 4. The van der Waals surface area contributed by atoms with Gasteiger partial charge in [0.1, 0.15) is 6.10 Å². The molecule has 2 bridgehead atoms. The number of carboxylic acid groups (broad SMARTS) is 1. The van der Waals surface area contributed by atoms with Crippen molar-refractivity contribution in [2.45, 2.75) is 22.7 Å². The third-order valence-electron chi connectivity index (χ3n) is 4.92. The van der Waals surface area contributed by atoms with Crippen LogP contribution >= 0.6 is 23.4 Å². The van der Waals surface area contributed by atoms with Crippen LogP contribution in [0, 0.1) is 23.7 Å². The zero-order chi connectivity index (χ0) is 14.7. The van der Waals surface area contributed by atoms with Crippen molar-refractivity contribution in [3.05, 3.63) is 29.3 Å². The van der Waals surface area contributed by atoms with E-state index in [1.165, 1.54) is 0 Å². The summed E-state index contributed by atoms with van der Waals surface area (Å²) < 4.78 is 5.48. The molecule has 1 aromatic carbocycles. The van der Waals surface area contributed by atoms with Crippen LogP contribution in [-0.2, 0) is 14.3 Å². The second-order valence-corrected chi connectivity index (χ2v) is 7.58. The fourth-order valence-corrected chi connectivity index (χ4v) is 5.73. The molecule has 2 saturated carbocycles. The van der Waals surface area contributed by atoms with Gasteiger partial charge in [0, 0.05) is 15.8 Å². The smallest absolute Gasteiger partial charge is 0.310 e.